The van der Waals surface area contributed by atoms with Gasteiger partial charge in [-0.25, -0.2) is 4.98 Å². The number of nitrogens with zero attached hydrogens (tertiary/aromatic N) is 2. The number of hydrogen-bond acceptors (Lipinski definition) is 3. The van der Waals surface area contributed by atoms with Gasteiger partial charge in [0, 0.05) is 10.8 Å². The summed E-state index contributed by atoms with van der Waals surface area (Å²) in [6.45, 7) is 0. The molecule has 4 heteroatoms. The van der Waals surface area contributed by atoms with Crippen molar-refractivity contribution in [3.05, 3.63) is 52.5 Å². The minimum atomic E-state index is -0.454. The number of nitrogens with one attached hydrogen (secondary N) is 1. The molecular weight excluding hydrogens is 254 g/mol. The van der Waals surface area contributed by atoms with E-state index < -0.39 is 5.41 Å². The molecule has 0 aliphatic heterocycles. The van der Waals surface area contributed by atoms with Crippen LogP contribution in [0.1, 0.15) is 23.0 Å². The average Bonchev–Trinajstić information content (AvgIpc) is 2.85. The zero-order chi connectivity index (χ0) is 12.9. The second kappa shape index (κ2) is 3.69. The van der Waals surface area contributed by atoms with Gasteiger partial charge in [0.1, 0.15) is 11.2 Å². The predicted octanol–water partition coefficient (Wildman–Crippen LogP) is 3.57. The van der Waals surface area contributed by atoms with E-state index in [4.69, 9.17) is 0 Å². The Hall–Kier alpha value is -2.12. The smallest absolute Gasteiger partial charge is 0.128 e. The lowest BCUT2D eigenvalue weighted by Crippen LogP contribution is -2.08. The number of fused-ring (bicyclic) bond motifs is 1. The van der Waals surface area contributed by atoms with Gasteiger partial charge >= 0.3 is 0 Å². The Labute approximate surface area is 114 Å². The molecule has 3 nitrogen and oxygen atoms in total. The lowest BCUT2D eigenvalue weighted by molar-refractivity contribution is 0.795. The van der Waals surface area contributed by atoms with Crippen LogP contribution in [-0.2, 0) is 5.41 Å². The van der Waals surface area contributed by atoms with Crippen LogP contribution < -0.4 is 0 Å². The molecule has 1 aliphatic rings. The molecule has 2 atom stereocenters. The van der Waals surface area contributed by atoms with Crippen LogP contribution >= 0.6 is 11.3 Å². The summed E-state index contributed by atoms with van der Waals surface area (Å²) < 4.78 is 0. The average molecular weight is 265 g/mol. The maximum absolute atomic E-state index is 9.60. The quantitative estimate of drug-likeness (QED) is 0.770. The van der Waals surface area contributed by atoms with Crippen molar-refractivity contribution in [1.29, 1.82) is 5.26 Å². The van der Waals surface area contributed by atoms with Crippen molar-refractivity contribution in [1.82, 2.24) is 9.97 Å². The number of benzene rings is 1. The largest absolute Gasteiger partial charge is 0.341 e. The number of imidazole rings is 1. The third-order valence-electron chi connectivity index (χ3n) is 3.86. The number of aromatic amines is 1. The van der Waals surface area contributed by atoms with Crippen LogP contribution in [-0.4, -0.2) is 9.97 Å². The van der Waals surface area contributed by atoms with Crippen molar-refractivity contribution in [3.63, 3.8) is 0 Å². The van der Waals surface area contributed by atoms with E-state index in [-0.39, 0.29) is 5.92 Å². The van der Waals surface area contributed by atoms with Crippen molar-refractivity contribution >= 4 is 22.4 Å². The first-order valence-corrected chi connectivity index (χ1v) is 7.11. The molecule has 0 unspecified atom stereocenters. The Bertz CT molecular complexity index is 748. The van der Waals surface area contributed by atoms with E-state index in [0.717, 1.165) is 23.3 Å². The summed E-state index contributed by atoms with van der Waals surface area (Å²) in [7, 11) is 0. The van der Waals surface area contributed by atoms with Crippen molar-refractivity contribution < 1.29 is 0 Å². The Morgan fingerprint density at radius 3 is 2.95 bits per heavy atom. The fourth-order valence-corrected chi connectivity index (χ4v) is 3.62. The monoisotopic (exact) mass is 265 g/mol. The van der Waals surface area contributed by atoms with Gasteiger partial charge in [0.05, 0.1) is 17.1 Å². The van der Waals surface area contributed by atoms with E-state index in [0.29, 0.717) is 0 Å². The number of H-pyrrole nitrogens is 1. The van der Waals surface area contributed by atoms with E-state index >= 15 is 0 Å². The first-order valence-electron chi connectivity index (χ1n) is 6.23. The van der Waals surface area contributed by atoms with Crippen molar-refractivity contribution in [3.8, 4) is 6.07 Å². The molecule has 1 saturated carbocycles. The number of rotatable bonds is 2. The fourth-order valence-electron chi connectivity index (χ4n) is 2.70. The Morgan fingerprint density at radius 1 is 1.32 bits per heavy atom. The zero-order valence-corrected chi connectivity index (χ0v) is 10.9. The molecule has 19 heavy (non-hydrogen) atoms. The van der Waals surface area contributed by atoms with Crippen molar-refractivity contribution in [2.45, 2.75) is 17.8 Å². The molecule has 0 spiro atoms. The minimum absolute atomic E-state index is 0.290. The fraction of sp³-hybridized carbons (Fsp3) is 0.200. The third-order valence-corrected chi connectivity index (χ3v) is 4.84. The molecule has 0 amide bonds. The second-order valence-electron chi connectivity index (χ2n) is 4.96. The molecule has 3 aromatic rings. The van der Waals surface area contributed by atoms with E-state index in [2.05, 4.69) is 27.5 Å². The summed E-state index contributed by atoms with van der Waals surface area (Å²) in [6, 6.07) is 14.6. The van der Waals surface area contributed by atoms with Crippen molar-refractivity contribution in [2.24, 2.45) is 0 Å². The van der Waals surface area contributed by atoms with Crippen LogP contribution in [0.4, 0.5) is 0 Å². The van der Waals surface area contributed by atoms with Crippen LogP contribution in [0.15, 0.2) is 41.8 Å². The topological polar surface area (TPSA) is 52.5 Å². The van der Waals surface area contributed by atoms with Gasteiger partial charge in [-0.3, -0.25) is 0 Å². The second-order valence-corrected chi connectivity index (χ2v) is 5.94. The highest BCUT2D eigenvalue weighted by atomic mass is 32.1. The van der Waals surface area contributed by atoms with Crippen LogP contribution in [0, 0.1) is 11.3 Å². The van der Waals surface area contributed by atoms with Crippen LogP contribution in [0.25, 0.3) is 11.0 Å². The van der Waals surface area contributed by atoms with E-state index in [1.54, 1.807) is 11.3 Å². The maximum atomic E-state index is 9.60. The lowest BCUT2D eigenvalue weighted by Gasteiger charge is -2.03. The first kappa shape index (κ1) is 10.8. The summed E-state index contributed by atoms with van der Waals surface area (Å²) in [6.07, 6.45) is 0.865. The van der Waals surface area contributed by atoms with E-state index in [1.807, 2.05) is 30.3 Å². The third kappa shape index (κ3) is 1.45. The molecule has 2 heterocycles. The summed E-state index contributed by atoms with van der Waals surface area (Å²) in [4.78, 5) is 9.20. The Kier molecular flexibility index (Phi) is 2.09. The number of thiophene rings is 1. The van der Waals surface area contributed by atoms with Gasteiger partial charge in [-0.15, -0.1) is 11.3 Å². The first-order chi connectivity index (χ1) is 9.33. The maximum Gasteiger partial charge on any atom is 0.128 e. The SMILES string of the molecule is N#C[C@]1(c2nc3ccccc3[nH]2)C[C@H]1c1cccs1. The number of nitriles is 1. The summed E-state index contributed by atoms with van der Waals surface area (Å²) in [5.74, 6) is 1.10. The van der Waals surface area contributed by atoms with Crippen LogP contribution in [0.2, 0.25) is 0 Å². The van der Waals surface area contributed by atoms with Gasteiger partial charge < -0.3 is 4.98 Å². The van der Waals surface area contributed by atoms with Gasteiger partial charge in [-0.05, 0) is 30.0 Å². The standard InChI is InChI=1S/C15H11N3S/c16-9-15(8-10(15)13-6-3-7-19-13)14-17-11-4-1-2-5-12(11)18-14/h1-7,10H,8H2,(H,17,18)/t10-,15+/m0/s1. The normalized spacial score (nSPS) is 25.3. The zero-order valence-electron chi connectivity index (χ0n) is 10.1. The van der Waals surface area contributed by atoms with E-state index in [1.165, 1.54) is 4.88 Å². The molecule has 1 aromatic carbocycles. The predicted molar refractivity (Wildman–Crippen MR) is 75.1 cm³/mol. The molecular formula is C15H11N3S. The molecule has 1 aliphatic carbocycles. The summed E-state index contributed by atoms with van der Waals surface area (Å²) in [5.41, 5.74) is 1.48. The van der Waals surface area contributed by atoms with Gasteiger partial charge in [0.25, 0.3) is 0 Å². The Balaban J connectivity index is 1.81. The highest BCUT2D eigenvalue weighted by Crippen LogP contribution is 2.60. The van der Waals surface area contributed by atoms with Crippen LogP contribution in [0.5, 0.6) is 0 Å². The highest BCUT2D eigenvalue weighted by molar-refractivity contribution is 7.10. The lowest BCUT2D eigenvalue weighted by atomic mass is 10.0. The van der Waals surface area contributed by atoms with Gasteiger partial charge in [-0.1, -0.05) is 18.2 Å². The molecule has 0 saturated heterocycles. The molecule has 0 bridgehead atoms. The molecule has 4 rings (SSSR count). The van der Waals surface area contributed by atoms with Crippen molar-refractivity contribution in [2.75, 3.05) is 0 Å². The van der Waals surface area contributed by atoms with Gasteiger partial charge in [-0.2, -0.15) is 5.26 Å². The molecule has 0 radical (unpaired) electrons. The summed E-state index contributed by atoms with van der Waals surface area (Å²) in [5, 5.41) is 11.7. The van der Waals surface area contributed by atoms with E-state index in [9.17, 15) is 5.26 Å². The number of hydrogen-bond donors (Lipinski definition) is 1. The van der Waals surface area contributed by atoms with Gasteiger partial charge in [0.15, 0.2) is 0 Å². The summed E-state index contributed by atoms with van der Waals surface area (Å²) >= 11 is 1.72. The van der Waals surface area contributed by atoms with Crippen LogP contribution in [0.3, 0.4) is 0 Å². The molecule has 2 aromatic heterocycles. The number of aromatic nitrogens is 2. The highest BCUT2D eigenvalue weighted by Gasteiger charge is 2.59. The van der Waals surface area contributed by atoms with Gasteiger partial charge in [0.2, 0.25) is 0 Å². The number of para-hydroxylation sites is 2. The Morgan fingerprint density at radius 2 is 2.21 bits per heavy atom. The molecule has 1 fully saturated rings. The minimum Gasteiger partial charge on any atom is -0.341 e. The molecule has 92 valence electrons. The molecule has 1 N–H and O–H groups in total.